The normalized spacial score (nSPS) is 26.4. The van der Waals surface area contributed by atoms with Gasteiger partial charge in [-0.1, -0.05) is 50.9 Å². The fourth-order valence-corrected chi connectivity index (χ4v) is 4.52. The van der Waals surface area contributed by atoms with E-state index in [1.807, 2.05) is 0 Å². The summed E-state index contributed by atoms with van der Waals surface area (Å²) in [5.74, 6) is 5.92. The summed E-state index contributed by atoms with van der Waals surface area (Å²) in [6, 6.07) is 0. The van der Waals surface area contributed by atoms with Crippen molar-refractivity contribution >= 4 is 11.8 Å². The van der Waals surface area contributed by atoms with E-state index in [0.717, 1.165) is 83.7 Å². The maximum Gasteiger partial charge on any atom is 0.305 e. The van der Waals surface area contributed by atoms with E-state index < -0.39 is 6.10 Å². The Balaban J connectivity index is 1.88. The molecule has 6 heteroatoms. The van der Waals surface area contributed by atoms with Crippen LogP contribution in [0.2, 0.25) is 0 Å². The van der Waals surface area contributed by atoms with E-state index in [2.05, 4.69) is 23.5 Å². The van der Waals surface area contributed by atoms with Gasteiger partial charge in [0.15, 0.2) is 6.29 Å². The van der Waals surface area contributed by atoms with Crippen LogP contribution in [-0.4, -0.2) is 49.1 Å². The highest BCUT2D eigenvalue weighted by Gasteiger charge is 2.40. The van der Waals surface area contributed by atoms with E-state index in [4.69, 9.17) is 9.47 Å². The number of hydrogen-bond donors (Lipinski definition) is 1. The summed E-state index contributed by atoms with van der Waals surface area (Å²) in [5, 5.41) is 10.5. The van der Waals surface area contributed by atoms with Crippen molar-refractivity contribution in [1.82, 2.24) is 0 Å². The summed E-state index contributed by atoms with van der Waals surface area (Å²) >= 11 is 0. The Kier molecular flexibility index (Phi) is 12.9. The highest BCUT2D eigenvalue weighted by Crippen LogP contribution is 2.33. The molecule has 1 heterocycles. The minimum atomic E-state index is -0.693. The topological polar surface area (TPSA) is 82.1 Å². The number of Topliss-reactive ketones (excluding diaryl/α,β-unsaturated/α-hetero) is 1. The third-order valence-corrected chi connectivity index (χ3v) is 6.48. The Hall–Kier alpha value is -1.42. The molecule has 0 aromatic heterocycles. The summed E-state index contributed by atoms with van der Waals surface area (Å²) in [7, 11) is 1.40. The Morgan fingerprint density at radius 2 is 2.00 bits per heavy atom. The first-order chi connectivity index (χ1) is 15.5. The molecule has 6 nitrogen and oxygen atoms in total. The minimum absolute atomic E-state index is 0.116. The summed E-state index contributed by atoms with van der Waals surface area (Å²) in [6.45, 7) is 2.91. The molecule has 0 aromatic rings. The fourth-order valence-electron chi connectivity index (χ4n) is 4.52. The first-order valence-electron chi connectivity index (χ1n) is 12.6. The van der Waals surface area contributed by atoms with Crippen LogP contribution in [0.1, 0.15) is 96.8 Å². The van der Waals surface area contributed by atoms with E-state index in [1.165, 1.54) is 7.11 Å². The van der Waals surface area contributed by atoms with Crippen LogP contribution in [0.4, 0.5) is 0 Å². The number of unbranched alkanes of at least 4 members (excludes halogenated alkanes) is 5. The van der Waals surface area contributed by atoms with Gasteiger partial charge in [0.2, 0.25) is 0 Å². The molecule has 2 rings (SSSR count). The second kappa shape index (κ2) is 15.4. The summed E-state index contributed by atoms with van der Waals surface area (Å²) < 4.78 is 16.5. The lowest BCUT2D eigenvalue weighted by Gasteiger charge is -2.25. The Morgan fingerprint density at radius 1 is 1.19 bits per heavy atom. The number of aliphatic hydroxyl groups is 1. The van der Waals surface area contributed by atoms with Gasteiger partial charge >= 0.3 is 5.97 Å². The molecule has 182 valence electrons. The molecule has 1 N–H and O–H groups in total. The zero-order valence-corrected chi connectivity index (χ0v) is 20.0. The Bertz CT molecular complexity index is 616. The maximum atomic E-state index is 12.5. The standard InChI is InChI=1S/C26H42O6/c1-3-4-7-12-20(32-26-15-10-11-18-31-26)16-17-22-21(23(27)19-24(22)28)13-8-5-6-9-14-25(29)30-2/h20-22,24,26,28H,3-15,18-19H2,1-2H3. The van der Waals surface area contributed by atoms with E-state index in [-0.39, 0.29) is 42.4 Å². The largest absolute Gasteiger partial charge is 0.469 e. The van der Waals surface area contributed by atoms with E-state index in [0.29, 0.717) is 6.42 Å². The number of ether oxygens (including phenoxy) is 3. The van der Waals surface area contributed by atoms with Gasteiger partial charge in [-0.25, -0.2) is 0 Å². The van der Waals surface area contributed by atoms with Crippen LogP contribution < -0.4 is 0 Å². The number of methoxy groups -OCH3 is 1. The van der Waals surface area contributed by atoms with Crippen molar-refractivity contribution in [2.45, 2.75) is 115 Å². The lowest BCUT2D eigenvalue weighted by molar-refractivity contribution is -0.177. The SMILES string of the molecule is CCCCCC(C#CC1C(O)CC(=O)C1CCCCCCC(=O)OC)OC1CCCCO1. The number of carbonyl (C=O) groups excluding carboxylic acids is 2. The first-order valence-corrected chi connectivity index (χ1v) is 12.6. The van der Waals surface area contributed by atoms with E-state index >= 15 is 0 Å². The molecule has 1 aliphatic carbocycles. The van der Waals surface area contributed by atoms with Gasteiger partial charge in [0, 0.05) is 25.4 Å². The average Bonchev–Trinajstić information content (AvgIpc) is 3.06. The summed E-state index contributed by atoms with van der Waals surface area (Å²) in [4.78, 5) is 23.7. The minimum Gasteiger partial charge on any atom is -0.469 e. The number of ketones is 1. The molecule has 0 spiro atoms. The molecule has 1 saturated heterocycles. The van der Waals surface area contributed by atoms with Crippen LogP contribution in [0, 0.1) is 23.7 Å². The lowest BCUT2D eigenvalue weighted by atomic mass is 9.89. The van der Waals surface area contributed by atoms with Gasteiger partial charge in [0.1, 0.15) is 11.9 Å². The zero-order valence-electron chi connectivity index (χ0n) is 20.0. The quantitative estimate of drug-likeness (QED) is 0.252. The molecule has 0 radical (unpaired) electrons. The second-order valence-corrected chi connectivity index (χ2v) is 9.10. The van der Waals surface area contributed by atoms with Crippen molar-refractivity contribution in [3.63, 3.8) is 0 Å². The van der Waals surface area contributed by atoms with Crippen LogP contribution in [0.25, 0.3) is 0 Å². The van der Waals surface area contributed by atoms with Crippen LogP contribution in [-0.2, 0) is 23.8 Å². The van der Waals surface area contributed by atoms with Crippen molar-refractivity contribution in [2.75, 3.05) is 13.7 Å². The molecule has 0 bridgehead atoms. The second-order valence-electron chi connectivity index (χ2n) is 9.10. The number of rotatable bonds is 13. The van der Waals surface area contributed by atoms with Crippen molar-refractivity contribution in [3.8, 4) is 11.8 Å². The molecule has 5 unspecified atom stereocenters. The van der Waals surface area contributed by atoms with E-state index in [1.54, 1.807) is 0 Å². The first kappa shape index (κ1) is 26.8. The van der Waals surface area contributed by atoms with Crippen molar-refractivity contribution in [1.29, 1.82) is 0 Å². The predicted octanol–water partition coefficient (Wildman–Crippen LogP) is 4.56. The van der Waals surface area contributed by atoms with Gasteiger partial charge in [0.25, 0.3) is 0 Å². The third kappa shape index (κ3) is 9.60. The molecular weight excluding hydrogens is 408 g/mol. The third-order valence-electron chi connectivity index (χ3n) is 6.48. The molecule has 32 heavy (non-hydrogen) atoms. The van der Waals surface area contributed by atoms with Gasteiger partial charge in [-0.15, -0.1) is 0 Å². The highest BCUT2D eigenvalue weighted by molar-refractivity contribution is 5.85. The van der Waals surface area contributed by atoms with Crippen LogP contribution in [0.5, 0.6) is 0 Å². The molecule has 2 fully saturated rings. The van der Waals surface area contributed by atoms with Gasteiger partial charge < -0.3 is 19.3 Å². The monoisotopic (exact) mass is 450 g/mol. The van der Waals surface area contributed by atoms with Crippen LogP contribution in [0.3, 0.4) is 0 Å². The Labute approximate surface area is 193 Å². The predicted molar refractivity (Wildman–Crippen MR) is 123 cm³/mol. The molecule has 0 aromatic carbocycles. The van der Waals surface area contributed by atoms with Crippen molar-refractivity contribution in [3.05, 3.63) is 0 Å². The number of hydrogen-bond acceptors (Lipinski definition) is 6. The molecule has 5 atom stereocenters. The van der Waals surface area contributed by atoms with E-state index in [9.17, 15) is 14.7 Å². The van der Waals surface area contributed by atoms with Gasteiger partial charge in [0.05, 0.1) is 19.1 Å². The Morgan fingerprint density at radius 3 is 2.72 bits per heavy atom. The fraction of sp³-hybridized carbons (Fsp3) is 0.846. The van der Waals surface area contributed by atoms with Crippen molar-refractivity contribution in [2.24, 2.45) is 11.8 Å². The summed E-state index contributed by atoms with van der Waals surface area (Å²) in [6.07, 6.45) is 11.1. The maximum absolute atomic E-state index is 12.5. The zero-order chi connectivity index (χ0) is 23.2. The van der Waals surface area contributed by atoms with Gasteiger partial charge in [-0.05, 0) is 44.9 Å². The van der Waals surface area contributed by atoms with Crippen molar-refractivity contribution < 1.29 is 28.9 Å². The number of carbonyl (C=O) groups is 2. The highest BCUT2D eigenvalue weighted by atomic mass is 16.7. The average molecular weight is 451 g/mol. The molecule has 1 saturated carbocycles. The molecular formula is C26H42O6. The van der Waals surface area contributed by atoms with Gasteiger partial charge in [-0.2, -0.15) is 0 Å². The molecule has 1 aliphatic heterocycles. The molecule has 2 aliphatic rings. The number of aliphatic hydroxyl groups excluding tert-OH is 1. The smallest absolute Gasteiger partial charge is 0.305 e. The van der Waals surface area contributed by atoms with Crippen LogP contribution >= 0.6 is 0 Å². The van der Waals surface area contributed by atoms with Gasteiger partial charge in [-0.3, -0.25) is 9.59 Å². The molecule has 0 amide bonds. The summed E-state index contributed by atoms with van der Waals surface area (Å²) in [5.41, 5.74) is 0. The van der Waals surface area contributed by atoms with Crippen LogP contribution in [0.15, 0.2) is 0 Å². The lowest BCUT2D eigenvalue weighted by Crippen LogP contribution is -2.27. The number of esters is 1.